The monoisotopic (exact) mass is 414 g/mol. The van der Waals surface area contributed by atoms with Crippen LogP contribution in [0.1, 0.15) is 21.5 Å². The molecule has 2 aromatic carbocycles. The van der Waals surface area contributed by atoms with E-state index in [-0.39, 0.29) is 12.5 Å². The molecule has 0 unspecified atom stereocenters. The summed E-state index contributed by atoms with van der Waals surface area (Å²) in [6.45, 7) is 2.11. The van der Waals surface area contributed by atoms with Gasteiger partial charge in [0, 0.05) is 19.0 Å². The maximum Gasteiger partial charge on any atom is 0.339 e. The minimum absolute atomic E-state index is 0.279. The average Bonchev–Trinajstić information content (AvgIpc) is 3.33. The second kappa shape index (κ2) is 8.83. The van der Waals surface area contributed by atoms with Crippen molar-refractivity contribution in [3.05, 3.63) is 89.7 Å². The summed E-state index contributed by atoms with van der Waals surface area (Å²) in [5.41, 5.74) is 3.68. The van der Waals surface area contributed by atoms with Crippen LogP contribution in [-0.4, -0.2) is 35.4 Å². The Morgan fingerprint density at radius 1 is 1.03 bits per heavy atom. The lowest BCUT2D eigenvalue weighted by molar-refractivity contribution is -0.133. The van der Waals surface area contributed by atoms with E-state index in [9.17, 15) is 9.59 Å². The number of nitrogens with zero attached hydrogens (tertiary/aromatic N) is 2. The molecule has 0 saturated heterocycles. The van der Waals surface area contributed by atoms with Gasteiger partial charge in [-0.2, -0.15) is 0 Å². The molecule has 0 N–H and O–H groups in total. The van der Waals surface area contributed by atoms with E-state index < -0.39 is 5.97 Å². The highest BCUT2D eigenvalue weighted by molar-refractivity contribution is 6.05. The quantitative estimate of drug-likeness (QED) is 0.431. The lowest BCUT2D eigenvalue weighted by Gasteiger charge is -2.17. The van der Waals surface area contributed by atoms with Crippen molar-refractivity contribution in [3.63, 3.8) is 0 Å². The normalized spacial score (nSPS) is 10.8. The molecule has 156 valence electrons. The number of esters is 1. The summed E-state index contributed by atoms with van der Waals surface area (Å²) in [6, 6.07) is 20.4. The molecular weight excluding hydrogens is 392 g/mol. The van der Waals surface area contributed by atoms with Crippen molar-refractivity contribution < 1.29 is 18.7 Å². The summed E-state index contributed by atoms with van der Waals surface area (Å²) in [7, 11) is 1.69. The average molecular weight is 414 g/mol. The molecule has 0 spiro atoms. The molecule has 0 aliphatic heterocycles. The summed E-state index contributed by atoms with van der Waals surface area (Å²) in [5, 5.41) is 0.656. The van der Waals surface area contributed by atoms with Crippen molar-refractivity contribution in [2.45, 2.75) is 13.5 Å². The second-order valence-corrected chi connectivity index (χ2v) is 7.36. The van der Waals surface area contributed by atoms with Crippen LogP contribution < -0.4 is 0 Å². The Morgan fingerprint density at radius 3 is 2.55 bits per heavy atom. The third-order valence-corrected chi connectivity index (χ3v) is 5.00. The third-order valence-electron chi connectivity index (χ3n) is 5.00. The highest BCUT2D eigenvalue weighted by atomic mass is 16.5. The molecule has 31 heavy (non-hydrogen) atoms. The third kappa shape index (κ3) is 4.64. The number of hydrogen-bond acceptors (Lipinski definition) is 5. The SMILES string of the molecule is Cc1ccc(CN(C)C(=O)COC(=O)c2cc(-c3ccco3)nc3ccccc23)cc1. The number of ether oxygens (including phenoxy) is 1. The summed E-state index contributed by atoms with van der Waals surface area (Å²) < 4.78 is 10.8. The second-order valence-electron chi connectivity index (χ2n) is 7.36. The molecule has 0 radical (unpaired) electrons. The topological polar surface area (TPSA) is 72.6 Å². The van der Waals surface area contributed by atoms with E-state index in [0.29, 0.717) is 34.5 Å². The fraction of sp³-hybridized carbons (Fsp3) is 0.160. The predicted molar refractivity (Wildman–Crippen MR) is 117 cm³/mol. The van der Waals surface area contributed by atoms with Crippen LogP contribution >= 0.6 is 0 Å². The van der Waals surface area contributed by atoms with Crippen molar-refractivity contribution in [2.24, 2.45) is 0 Å². The molecule has 2 heterocycles. The highest BCUT2D eigenvalue weighted by Crippen LogP contribution is 2.25. The van der Waals surface area contributed by atoms with Crippen LogP contribution in [0.15, 0.2) is 77.4 Å². The number of benzene rings is 2. The van der Waals surface area contributed by atoms with Crippen LogP contribution in [-0.2, 0) is 16.1 Å². The molecule has 0 fully saturated rings. The zero-order valence-electron chi connectivity index (χ0n) is 17.4. The van der Waals surface area contributed by atoms with Crippen molar-refractivity contribution in [1.82, 2.24) is 9.88 Å². The van der Waals surface area contributed by atoms with Gasteiger partial charge in [0.2, 0.25) is 0 Å². The van der Waals surface area contributed by atoms with Crippen molar-refractivity contribution in [3.8, 4) is 11.5 Å². The van der Waals surface area contributed by atoms with E-state index in [1.165, 1.54) is 4.90 Å². The van der Waals surface area contributed by atoms with Gasteiger partial charge in [0.25, 0.3) is 5.91 Å². The molecule has 4 aromatic rings. The maximum atomic E-state index is 12.9. The number of likely N-dealkylation sites (N-methyl/N-ethyl adjacent to an activating group) is 1. The van der Waals surface area contributed by atoms with Crippen LogP contribution in [0.5, 0.6) is 0 Å². The highest BCUT2D eigenvalue weighted by Gasteiger charge is 2.18. The van der Waals surface area contributed by atoms with Gasteiger partial charge < -0.3 is 14.1 Å². The van der Waals surface area contributed by atoms with Gasteiger partial charge in [0.05, 0.1) is 17.3 Å². The molecule has 0 bridgehead atoms. The van der Waals surface area contributed by atoms with Gasteiger partial charge in [-0.05, 0) is 36.8 Å². The number of furan rings is 1. The molecule has 6 heteroatoms. The molecule has 2 aromatic heterocycles. The standard InChI is InChI=1S/C25H22N2O4/c1-17-9-11-18(12-10-17)15-27(2)24(28)16-31-25(29)20-14-22(23-8-5-13-30-23)26-21-7-4-3-6-19(20)21/h3-14H,15-16H2,1-2H3. The summed E-state index contributed by atoms with van der Waals surface area (Å²) in [6.07, 6.45) is 1.55. The minimum Gasteiger partial charge on any atom is -0.463 e. The van der Waals surface area contributed by atoms with E-state index >= 15 is 0 Å². The number of rotatable bonds is 6. The molecule has 0 saturated carbocycles. The van der Waals surface area contributed by atoms with Gasteiger partial charge >= 0.3 is 5.97 Å². The van der Waals surface area contributed by atoms with Crippen LogP contribution in [0, 0.1) is 6.92 Å². The number of carbonyl (C=O) groups is 2. The first-order valence-electron chi connectivity index (χ1n) is 9.91. The van der Waals surface area contributed by atoms with Crippen LogP contribution in [0.2, 0.25) is 0 Å². The molecular formula is C25H22N2O4. The lowest BCUT2D eigenvalue weighted by atomic mass is 10.1. The first kappa shape index (κ1) is 20.3. The fourth-order valence-corrected chi connectivity index (χ4v) is 3.27. The van der Waals surface area contributed by atoms with Crippen molar-refractivity contribution in [1.29, 1.82) is 0 Å². The minimum atomic E-state index is -0.580. The summed E-state index contributed by atoms with van der Waals surface area (Å²) >= 11 is 0. The first-order chi connectivity index (χ1) is 15.0. The fourth-order valence-electron chi connectivity index (χ4n) is 3.27. The zero-order valence-corrected chi connectivity index (χ0v) is 17.4. The first-order valence-corrected chi connectivity index (χ1v) is 9.91. The van der Waals surface area contributed by atoms with Gasteiger partial charge in [0.15, 0.2) is 12.4 Å². The summed E-state index contributed by atoms with van der Waals surface area (Å²) in [5.74, 6) is -0.309. The zero-order chi connectivity index (χ0) is 21.8. The van der Waals surface area contributed by atoms with Crippen LogP contribution in [0.4, 0.5) is 0 Å². The number of aromatic nitrogens is 1. The van der Waals surface area contributed by atoms with E-state index in [1.54, 1.807) is 37.6 Å². The Bertz CT molecular complexity index is 1210. The molecule has 0 aliphatic rings. The van der Waals surface area contributed by atoms with E-state index in [2.05, 4.69) is 4.98 Å². The molecule has 1 amide bonds. The van der Waals surface area contributed by atoms with Gasteiger partial charge in [0.1, 0.15) is 5.69 Å². The molecule has 0 atom stereocenters. The summed E-state index contributed by atoms with van der Waals surface area (Å²) in [4.78, 5) is 31.4. The largest absolute Gasteiger partial charge is 0.463 e. The predicted octanol–water partition coefficient (Wildman–Crippen LogP) is 4.62. The number of para-hydroxylation sites is 1. The number of hydrogen-bond donors (Lipinski definition) is 0. The van der Waals surface area contributed by atoms with Crippen molar-refractivity contribution >= 4 is 22.8 Å². The van der Waals surface area contributed by atoms with Gasteiger partial charge in [-0.1, -0.05) is 48.0 Å². The Labute approximate surface area is 180 Å². The van der Waals surface area contributed by atoms with E-state index in [4.69, 9.17) is 9.15 Å². The smallest absolute Gasteiger partial charge is 0.339 e. The number of carbonyl (C=O) groups excluding carboxylic acids is 2. The number of amides is 1. The molecule has 4 rings (SSSR count). The maximum absolute atomic E-state index is 12.9. The van der Waals surface area contributed by atoms with Crippen molar-refractivity contribution in [2.75, 3.05) is 13.7 Å². The Hall–Kier alpha value is -3.93. The van der Waals surface area contributed by atoms with Crippen LogP contribution in [0.3, 0.4) is 0 Å². The molecule has 0 aliphatic carbocycles. The van der Waals surface area contributed by atoms with E-state index in [0.717, 1.165) is 11.1 Å². The Kier molecular flexibility index (Phi) is 5.80. The van der Waals surface area contributed by atoms with Crippen LogP contribution in [0.25, 0.3) is 22.4 Å². The Balaban J connectivity index is 1.49. The lowest BCUT2D eigenvalue weighted by Crippen LogP contribution is -2.30. The van der Waals surface area contributed by atoms with E-state index in [1.807, 2.05) is 49.4 Å². The van der Waals surface area contributed by atoms with Gasteiger partial charge in [-0.3, -0.25) is 4.79 Å². The Morgan fingerprint density at radius 2 is 1.81 bits per heavy atom. The number of aryl methyl sites for hydroxylation is 1. The van der Waals surface area contributed by atoms with Gasteiger partial charge in [-0.25, -0.2) is 9.78 Å². The van der Waals surface area contributed by atoms with Gasteiger partial charge in [-0.15, -0.1) is 0 Å². The number of fused-ring (bicyclic) bond motifs is 1. The number of pyridine rings is 1. The molecule has 6 nitrogen and oxygen atoms in total.